The molecule has 228 valence electrons. The van der Waals surface area contributed by atoms with Crippen molar-refractivity contribution in [1.29, 1.82) is 0 Å². The van der Waals surface area contributed by atoms with Crippen LogP contribution in [0.3, 0.4) is 0 Å². The van der Waals surface area contributed by atoms with Gasteiger partial charge in [-0.05, 0) is 38.8 Å². The number of ether oxygens (including phenoxy) is 2. The van der Waals surface area contributed by atoms with E-state index >= 15 is 0 Å². The van der Waals surface area contributed by atoms with Gasteiger partial charge in [-0.1, -0.05) is 74.5 Å². The van der Waals surface area contributed by atoms with Gasteiger partial charge in [0.25, 0.3) is 0 Å². The third kappa shape index (κ3) is 8.16. The number of esters is 2. The Morgan fingerprint density at radius 2 is 0.951 bits per heavy atom. The van der Waals surface area contributed by atoms with Gasteiger partial charge in [0, 0.05) is 22.3 Å². The van der Waals surface area contributed by atoms with Crippen LogP contribution in [0, 0.1) is 13.8 Å². The van der Waals surface area contributed by atoms with Crippen molar-refractivity contribution in [3.63, 3.8) is 0 Å². The summed E-state index contributed by atoms with van der Waals surface area (Å²) in [5.74, 6) is -1.14. The third-order valence-corrected chi connectivity index (χ3v) is 6.47. The molecule has 0 aliphatic carbocycles. The highest BCUT2D eigenvalue weighted by atomic mass is 35.5. The van der Waals surface area contributed by atoms with Crippen molar-refractivity contribution in [2.24, 2.45) is 0 Å². The molecule has 0 aromatic heterocycles. The van der Waals surface area contributed by atoms with Crippen LogP contribution in [0.4, 0.5) is 8.78 Å². The molecule has 10 heteroatoms. The van der Waals surface area contributed by atoms with Gasteiger partial charge in [-0.25, -0.2) is 18.4 Å². The minimum absolute atomic E-state index is 0. The minimum atomic E-state index is -1.77. The normalized spacial score (nSPS) is 16.3. The van der Waals surface area contributed by atoms with E-state index in [0.29, 0.717) is 22.3 Å². The average Bonchev–Trinajstić information content (AvgIpc) is 3.35. The Bertz CT molecular complexity index is 1120. The van der Waals surface area contributed by atoms with Crippen molar-refractivity contribution in [3.05, 3.63) is 81.9 Å². The maximum absolute atomic E-state index is 13.2. The predicted molar refractivity (Wildman–Crippen MR) is 161 cm³/mol. The Balaban J connectivity index is 0.000000682. The lowest BCUT2D eigenvalue weighted by Crippen LogP contribution is -2.39. The Labute approximate surface area is 251 Å². The predicted octanol–water partition coefficient (Wildman–Crippen LogP) is 6.75. The van der Waals surface area contributed by atoms with Gasteiger partial charge in [-0.15, -0.1) is 23.2 Å². The Morgan fingerprint density at radius 1 is 0.659 bits per heavy atom. The summed E-state index contributed by atoms with van der Waals surface area (Å²) in [6, 6.07) is 14.7. The number of alkyl halides is 4. The van der Waals surface area contributed by atoms with Crippen LogP contribution in [0.5, 0.6) is 0 Å². The second-order valence-corrected chi connectivity index (χ2v) is 9.99. The number of rotatable bonds is 6. The fraction of sp³-hybridized carbons (Fsp3) is 0.419. The summed E-state index contributed by atoms with van der Waals surface area (Å²) < 4.78 is 36.4. The lowest BCUT2D eigenvalue weighted by atomic mass is 9.87. The second kappa shape index (κ2) is 16.6. The highest BCUT2D eigenvalue weighted by Crippen LogP contribution is 2.41. The average molecular weight is 618 g/mol. The molecule has 2 heterocycles. The van der Waals surface area contributed by atoms with Crippen molar-refractivity contribution in [1.82, 2.24) is 0 Å². The number of cyclic esters (lactones) is 2. The number of aryl methyl sites for hydroxylation is 2. The smallest absolute Gasteiger partial charge is 0.335 e. The Hall–Kier alpha value is -2.78. The zero-order chi connectivity index (χ0) is 29.4. The number of halogens is 4. The van der Waals surface area contributed by atoms with Crippen molar-refractivity contribution in [3.8, 4) is 0 Å². The van der Waals surface area contributed by atoms with Crippen molar-refractivity contribution in [2.75, 3.05) is 31.9 Å². The molecular weight excluding hydrogens is 577 g/mol. The maximum atomic E-state index is 13.2. The fourth-order valence-electron chi connectivity index (χ4n) is 4.39. The van der Waals surface area contributed by atoms with Gasteiger partial charge in [0.1, 0.15) is 13.3 Å². The molecule has 41 heavy (non-hydrogen) atoms. The number of carbonyl (C=O) groups excluding carboxylic acids is 2. The molecule has 0 saturated heterocycles. The van der Waals surface area contributed by atoms with Crippen LogP contribution in [0.2, 0.25) is 0 Å². The Kier molecular flexibility index (Phi) is 15.5. The minimum Gasteiger partial charge on any atom is -0.446 e. The van der Waals surface area contributed by atoms with Gasteiger partial charge in [-0.2, -0.15) is 0 Å². The molecule has 0 spiro atoms. The number of aliphatic hydroxyl groups excluding tert-OH is 2. The summed E-state index contributed by atoms with van der Waals surface area (Å²) in [4.78, 5) is 23.2. The molecule has 2 aromatic carbocycles. The highest BCUT2D eigenvalue weighted by Gasteiger charge is 2.48. The SMILES string of the molecule is C.C.CC1=C(c2ccc(C)cc2)C(CF)(CF)OC1=O.CC1=C(c2ccc(C)cc2)C(CO)(CO)OC1=O.ClCCl. The van der Waals surface area contributed by atoms with Gasteiger partial charge >= 0.3 is 11.9 Å². The molecule has 4 rings (SSSR count). The first-order valence-corrected chi connectivity index (χ1v) is 13.1. The van der Waals surface area contributed by atoms with Crippen LogP contribution < -0.4 is 0 Å². The fourth-order valence-corrected chi connectivity index (χ4v) is 4.39. The first-order valence-electron chi connectivity index (χ1n) is 12.0. The molecule has 0 unspecified atom stereocenters. The molecule has 0 radical (unpaired) electrons. The number of hydrogen-bond acceptors (Lipinski definition) is 6. The van der Waals surface area contributed by atoms with E-state index in [0.717, 1.165) is 16.7 Å². The van der Waals surface area contributed by atoms with E-state index in [1.807, 2.05) is 50.2 Å². The van der Waals surface area contributed by atoms with Crippen LogP contribution in [0.25, 0.3) is 11.1 Å². The van der Waals surface area contributed by atoms with E-state index in [2.05, 4.69) is 0 Å². The van der Waals surface area contributed by atoms with E-state index in [1.54, 1.807) is 19.1 Å². The zero-order valence-corrected chi connectivity index (χ0v) is 23.7. The third-order valence-electron chi connectivity index (χ3n) is 6.47. The zero-order valence-electron chi connectivity index (χ0n) is 22.2. The highest BCUT2D eigenvalue weighted by molar-refractivity contribution is 6.40. The molecule has 2 N–H and O–H groups in total. The van der Waals surface area contributed by atoms with E-state index in [9.17, 15) is 28.6 Å². The van der Waals surface area contributed by atoms with Gasteiger partial charge in [-0.3, -0.25) is 0 Å². The van der Waals surface area contributed by atoms with Gasteiger partial charge in [0.05, 0.1) is 18.6 Å². The van der Waals surface area contributed by atoms with E-state index < -0.39 is 49.7 Å². The lowest BCUT2D eigenvalue weighted by Gasteiger charge is -2.27. The number of hydrogen-bond donors (Lipinski definition) is 2. The van der Waals surface area contributed by atoms with E-state index in [1.165, 1.54) is 6.92 Å². The molecule has 0 fully saturated rings. The maximum Gasteiger partial charge on any atom is 0.335 e. The molecule has 2 aromatic rings. The molecule has 2 aliphatic rings. The molecule has 2 aliphatic heterocycles. The quantitative estimate of drug-likeness (QED) is 0.276. The molecule has 0 amide bonds. The standard InChI is InChI=1S/C14H14F2O2.C14H16O4.CH2Cl2.2CH4/c2*1-9-3-5-11(6-4-9)12-10(2)13(17)18-14(12,7-15)8-16;2-1-3;;/h3-6H,7-8H2,1-2H3;3-6,15-16H,7-8H2,1-2H3;1H2;2*1H4. The van der Waals surface area contributed by atoms with Crippen LogP contribution in [-0.4, -0.2) is 65.3 Å². The van der Waals surface area contributed by atoms with Crippen molar-refractivity contribution >= 4 is 46.3 Å². The lowest BCUT2D eigenvalue weighted by molar-refractivity contribution is -0.152. The van der Waals surface area contributed by atoms with Gasteiger partial charge in [0.2, 0.25) is 0 Å². The van der Waals surface area contributed by atoms with Crippen molar-refractivity contribution in [2.45, 2.75) is 53.8 Å². The largest absolute Gasteiger partial charge is 0.446 e. The molecule has 0 saturated carbocycles. The summed E-state index contributed by atoms with van der Waals surface area (Å²) in [6.07, 6.45) is 0. The number of benzene rings is 2. The monoisotopic (exact) mass is 616 g/mol. The summed E-state index contributed by atoms with van der Waals surface area (Å²) in [7, 11) is 0. The topological polar surface area (TPSA) is 93.1 Å². The summed E-state index contributed by atoms with van der Waals surface area (Å²) >= 11 is 9.53. The van der Waals surface area contributed by atoms with Crippen LogP contribution in [-0.2, 0) is 19.1 Å². The van der Waals surface area contributed by atoms with Gasteiger partial charge < -0.3 is 19.7 Å². The molecule has 0 bridgehead atoms. The van der Waals surface area contributed by atoms with Crippen LogP contribution in [0.15, 0.2) is 59.7 Å². The van der Waals surface area contributed by atoms with Gasteiger partial charge in [0.15, 0.2) is 11.2 Å². The second-order valence-electron chi connectivity index (χ2n) is 9.18. The molecular formula is C31H40Cl2F2O6. The van der Waals surface area contributed by atoms with Crippen molar-refractivity contribution < 1.29 is 38.1 Å². The summed E-state index contributed by atoms with van der Waals surface area (Å²) in [6.45, 7) is 4.07. The first-order chi connectivity index (χ1) is 18.5. The summed E-state index contributed by atoms with van der Waals surface area (Å²) in [5, 5.41) is 19.1. The van der Waals surface area contributed by atoms with Crippen LogP contribution in [0.1, 0.15) is 51.0 Å². The molecule has 0 atom stereocenters. The first kappa shape index (κ1) is 38.2. The number of aliphatic hydroxyl groups is 2. The van der Waals surface area contributed by atoms with Crippen LogP contribution >= 0.6 is 23.2 Å². The molecule has 6 nitrogen and oxygen atoms in total. The number of carbonyl (C=O) groups is 2. The van der Waals surface area contributed by atoms with E-state index in [4.69, 9.17) is 32.7 Å². The summed E-state index contributed by atoms with van der Waals surface area (Å²) in [5.41, 5.74) is 2.04. The Morgan fingerprint density at radius 3 is 1.24 bits per heavy atom. The van der Waals surface area contributed by atoms with E-state index in [-0.39, 0.29) is 25.8 Å².